The largest absolute Gasteiger partial charge is 0.492 e. The highest BCUT2D eigenvalue weighted by Gasteiger charge is 2.27. The van der Waals surface area contributed by atoms with Crippen LogP contribution < -0.4 is 11.0 Å². The van der Waals surface area contributed by atoms with Crippen LogP contribution in [-0.4, -0.2) is 22.7 Å². The lowest BCUT2D eigenvalue weighted by molar-refractivity contribution is -0.139. The zero-order valence-electron chi connectivity index (χ0n) is 10.0. The summed E-state index contributed by atoms with van der Waals surface area (Å²) in [6.07, 6.45) is 0. The Morgan fingerprint density at radius 2 is 2.11 bits per heavy atom. The van der Waals surface area contributed by atoms with Crippen LogP contribution in [0.1, 0.15) is 12.5 Å². The quantitative estimate of drug-likeness (QED) is 0.685. The molecule has 0 saturated heterocycles. The molecule has 0 saturated carbocycles. The van der Waals surface area contributed by atoms with Crippen molar-refractivity contribution in [3.63, 3.8) is 0 Å². The van der Waals surface area contributed by atoms with Gasteiger partial charge in [-0.05, 0) is 12.5 Å². The van der Waals surface area contributed by atoms with E-state index in [0.29, 0.717) is 6.54 Å². The van der Waals surface area contributed by atoms with E-state index in [1.807, 2.05) is 30.3 Å². The molecule has 3 N–H and O–H groups in total. The average molecular weight is 249 g/mol. The van der Waals surface area contributed by atoms with Gasteiger partial charge in [-0.25, -0.2) is 4.79 Å². The predicted molar refractivity (Wildman–Crippen MR) is 64.5 cm³/mol. The van der Waals surface area contributed by atoms with Gasteiger partial charge in [0.1, 0.15) is 0 Å². The van der Waals surface area contributed by atoms with Gasteiger partial charge in [0.15, 0.2) is 5.70 Å². The van der Waals surface area contributed by atoms with Crippen molar-refractivity contribution in [1.82, 2.24) is 16.0 Å². The van der Waals surface area contributed by atoms with E-state index in [4.69, 9.17) is 4.74 Å². The van der Waals surface area contributed by atoms with Gasteiger partial charge >= 0.3 is 5.97 Å². The number of nitrogens with zero attached hydrogens (tertiary/aromatic N) is 1. The summed E-state index contributed by atoms with van der Waals surface area (Å²) >= 11 is 0. The maximum atomic E-state index is 11.5. The van der Waals surface area contributed by atoms with Crippen molar-refractivity contribution in [3.05, 3.63) is 47.5 Å². The minimum Gasteiger partial charge on any atom is -0.492 e. The molecule has 0 aromatic heterocycles. The van der Waals surface area contributed by atoms with Crippen LogP contribution in [0.3, 0.4) is 0 Å². The van der Waals surface area contributed by atoms with Crippen LogP contribution in [0, 0.1) is 0 Å². The van der Waals surface area contributed by atoms with Gasteiger partial charge in [-0.15, -0.1) is 5.53 Å². The van der Waals surface area contributed by atoms with Crippen molar-refractivity contribution >= 4 is 5.97 Å². The second-order valence-electron chi connectivity index (χ2n) is 3.73. The van der Waals surface area contributed by atoms with E-state index in [0.717, 1.165) is 5.56 Å². The van der Waals surface area contributed by atoms with E-state index in [1.165, 1.54) is 5.01 Å². The Morgan fingerprint density at radius 1 is 1.39 bits per heavy atom. The molecule has 0 unspecified atom stereocenters. The molecule has 0 atom stereocenters. The summed E-state index contributed by atoms with van der Waals surface area (Å²) in [6.45, 7) is 2.40. The first-order chi connectivity index (χ1) is 8.72. The molecule has 0 amide bonds. The van der Waals surface area contributed by atoms with Crippen LogP contribution in [0.4, 0.5) is 0 Å². The van der Waals surface area contributed by atoms with Crippen LogP contribution in [0.15, 0.2) is 41.9 Å². The monoisotopic (exact) mass is 249 g/mol. The molecule has 6 heteroatoms. The lowest BCUT2D eigenvalue weighted by Gasteiger charge is -2.16. The van der Waals surface area contributed by atoms with Crippen LogP contribution >= 0.6 is 0 Å². The Bertz CT molecular complexity index is 459. The summed E-state index contributed by atoms with van der Waals surface area (Å²) in [6, 6.07) is 9.59. The standard InChI is InChI=1S/C12H15N3O3/c1-2-18-12(17)10-11(16)15(14-13-10)8-9-6-4-3-5-7-9/h3-7,13-14,16H,2,8H2,1H3. The maximum Gasteiger partial charge on any atom is 0.361 e. The Kier molecular flexibility index (Phi) is 3.69. The Labute approximate surface area is 105 Å². The minimum atomic E-state index is -0.585. The van der Waals surface area contributed by atoms with Crippen molar-refractivity contribution < 1.29 is 14.6 Å². The van der Waals surface area contributed by atoms with Crippen molar-refractivity contribution in [2.75, 3.05) is 6.61 Å². The van der Waals surface area contributed by atoms with Crippen LogP contribution in [0.25, 0.3) is 0 Å². The SMILES string of the molecule is CCOC(=O)C1=C(O)N(Cc2ccccc2)NN1. The highest BCUT2D eigenvalue weighted by Crippen LogP contribution is 2.13. The van der Waals surface area contributed by atoms with Gasteiger partial charge in [-0.2, -0.15) is 0 Å². The van der Waals surface area contributed by atoms with Gasteiger partial charge in [-0.1, -0.05) is 30.3 Å². The molecule has 1 aromatic rings. The molecule has 0 radical (unpaired) electrons. The Morgan fingerprint density at radius 3 is 2.78 bits per heavy atom. The molecule has 1 heterocycles. The first-order valence-electron chi connectivity index (χ1n) is 5.66. The van der Waals surface area contributed by atoms with Crippen molar-refractivity contribution in [2.24, 2.45) is 0 Å². The molecule has 0 spiro atoms. The van der Waals surface area contributed by atoms with E-state index in [9.17, 15) is 9.90 Å². The third-order valence-electron chi connectivity index (χ3n) is 2.46. The molecular formula is C12H15N3O3. The van der Waals surface area contributed by atoms with Gasteiger partial charge in [0, 0.05) is 0 Å². The molecule has 0 fully saturated rings. The lowest BCUT2D eigenvalue weighted by Crippen LogP contribution is -2.38. The fraction of sp³-hybridized carbons (Fsp3) is 0.250. The summed E-state index contributed by atoms with van der Waals surface area (Å²) in [5.41, 5.74) is 6.32. The number of carbonyl (C=O) groups is 1. The fourth-order valence-electron chi connectivity index (χ4n) is 1.59. The number of benzene rings is 1. The summed E-state index contributed by atoms with van der Waals surface area (Å²) in [5.74, 6) is -0.754. The van der Waals surface area contributed by atoms with Crippen LogP contribution in [-0.2, 0) is 16.1 Å². The normalized spacial score (nSPS) is 14.6. The lowest BCUT2D eigenvalue weighted by atomic mass is 10.2. The number of esters is 1. The minimum absolute atomic E-state index is 0.0211. The highest BCUT2D eigenvalue weighted by atomic mass is 16.5. The molecule has 0 bridgehead atoms. The molecule has 1 aromatic carbocycles. The smallest absolute Gasteiger partial charge is 0.361 e. The first-order valence-corrected chi connectivity index (χ1v) is 5.66. The predicted octanol–water partition coefficient (Wildman–Crippen LogP) is 0.802. The number of aliphatic hydroxyl groups is 1. The van der Waals surface area contributed by atoms with Gasteiger partial charge in [0.2, 0.25) is 5.88 Å². The van der Waals surface area contributed by atoms with E-state index in [1.54, 1.807) is 6.92 Å². The number of hydrazine groups is 2. The Balaban J connectivity index is 2.06. The molecule has 96 valence electrons. The fourth-order valence-corrected chi connectivity index (χ4v) is 1.59. The van der Waals surface area contributed by atoms with E-state index in [2.05, 4.69) is 11.0 Å². The number of aliphatic hydroxyl groups excluding tert-OH is 1. The van der Waals surface area contributed by atoms with Gasteiger partial charge in [0.05, 0.1) is 13.2 Å². The van der Waals surface area contributed by atoms with Crippen LogP contribution in [0.2, 0.25) is 0 Å². The molecular weight excluding hydrogens is 234 g/mol. The second-order valence-corrected chi connectivity index (χ2v) is 3.73. The average Bonchev–Trinajstić information content (AvgIpc) is 2.73. The zero-order chi connectivity index (χ0) is 13.0. The van der Waals surface area contributed by atoms with Crippen molar-refractivity contribution in [3.8, 4) is 0 Å². The Hall–Kier alpha value is -2.21. The number of ether oxygens (including phenoxy) is 1. The topological polar surface area (TPSA) is 73.8 Å². The molecule has 6 nitrogen and oxygen atoms in total. The molecule has 18 heavy (non-hydrogen) atoms. The van der Waals surface area contributed by atoms with E-state index in [-0.39, 0.29) is 18.2 Å². The first kappa shape index (κ1) is 12.3. The molecule has 0 aliphatic carbocycles. The van der Waals surface area contributed by atoms with Gasteiger partial charge in [0.25, 0.3) is 0 Å². The van der Waals surface area contributed by atoms with E-state index >= 15 is 0 Å². The van der Waals surface area contributed by atoms with Gasteiger partial charge < -0.3 is 9.84 Å². The summed E-state index contributed by atoms with van der Waals surface area (Å²) in [4.78, 5) is 11.5. The number of hydrogen-bond acceptors (Lipinski definition) is 6. The maximum absolute atomic E-state index is 11.5. The van der Waals surface area contributed by atoms with Crippen molar-refractivity contribution in [2.45, 2.75) is 13.5 Å². The number of nitrogens with one attached hydrogen (secondary N) is 2. The van der Waals surface area contributed by atoms with Crippen molar-refractivity contribution in [1.29, 1.82) is 0 Å². The summed E-state index contributed by atoms with van der Waals surface area (Å²) in [7, 11) is 0. The molecule has 1 aliphatic rings. The summed E-state index contributed by atoms with van der Waals surface area (Å²) in [5, 5.41) is 11.3. The van der Waals surface area contributed by atoms with E-state index < -0.39 is 5.97 Å². The number of carbonyl (C=O) groups excluding carboxylic acids is 1. The van der Waals surface area contributed by atoms with Gasteiger partial charge in [-0.3, -0.25) is 10.4 Å². The number of hydrogen-bond donors (Lipinski definition) is 3. The second kappa shape index (κ2) is 5.42. The molecule has 1 aliphatic heterocycles. The zero-order valence-corrected chi connectivity index (χ0v) is 10.0. The highest BCUT2D eigenvalue weighted by molar-refractivity contribution is 5.88. The summed E-state index contributed by atoms with van der Waals surface area (Å²) < 4.78 is 4.81. The molecule has 2 rings (SSSR count). The third kappa shape index (κ3) is 2.54. The number of rotatable bonds is 4. The van der Waals surface area contributed by atoms with Crippen LogP contribution in [0.5, 0.6) is 0 Å². The third-order valence-corrected chi connectivity index (χ3v) is 2.46.